The largest absolute Gasteiger partial charge is 0.389 e. The summed E-state index contributed by atoms with van der Waals surface area (Å²) in [6.45, 7) is 0. The number of hydrogen-bond donors (Lipinski definition) is 1. The quantitative estimate of drug-likeness (QED) is 0.787. The third kappa shape index (κ3) is 6.92. The highest BCUT2D eigenvalue weighted by molar-refractivity contribution is 4.75. The van der Waals surface area contributed by atoms with E-state index in [1.165, 1.54) is 32.1 Å². The molecule has 1 fully saturated rings. The first-order valence-corrected chi connectivity index (χ1v) is 6.81. The molecule has 0 saturated heterocycles. The smallest absolute Gasteiger partial charge is 0.327 e. The lowest BCUT2D eigenvalue weighted by atomic mass is 9.84. The van der Waals surface area contributed by atoms with Crippen LogP contribution in [0.25, 0.3) is 0 Å². The average molecular weight is 251 g/mol. The van der Waals surface area contributed by atoms with Gasteiger partial charge in [0.2, 0.25) is 0 Å². The van der Waals surface area contributed by atoms with Crippen molar-refractivity contribution in [1.82, 2.24) is 0 Å². The van der Waals surface area contributed by atoms with Crippen LogP contribution in [-0.2, 0) is 0 Å². The molecule has 2 N–H and O–H groups in total. The Morgan fingerprint density at radius 2 is 1.53 bits per heavy atom. The minimum atomic E-state index is -4.03. The Bertz CT molecular complexity index is 195. The zero-order valence-electron chi connectivity index (χ0n) is 10.4. The van der Waals surface area contributed by atoms with E-state index in [1.54, 1.807) is 0 Å². The Labute approximate surface area is 102 Å². The summed E-state index contributed by atoms with van der Waals surface area (Å²) in [5.41, 5.74) is 6.03. The van der Waals surface area contributed by atoms with Crippen molar-refractivity contribution >= 4 is 0 Å². The van der Waals surface area contributed by atoms with Gasteiger partial charge in [-0.2, -0.15) is 13.2 Å². The van der Waals surface area contributed by atoms with Gasteiger partial charge in [-0.1, -0.05) is 32.1 Å². The summed E-state index contributed by atoms with van der Waals surface area (Å²) in [6, 6.07) is -0.0320. The Hall–Kier alpha value is -0.250. The van der Waals surface area contributed by atoms with Gasteiger partial charge in [0.15, 0.2) is 0 Å². The van der Waals surface area contributed by atoms with Crippen molar-refractivity contribution < 1.29 is 13.2 Å². The van der Waals surface area contributed by atoms with E-state index in [0.29, 0.717) is 12.3 Å². The number of halogens is 3. The van der Waals surface area contributed by atoms with Crippen LogP contribution in [0.5, 0.6) is 0 Å². The van der Waals surface area contributed by atoms with Crippen molar-refractivity contribution in [2.24, 2.45) is 11.7 Å². The molecule has 1 atom stereocenters. The highest BCUT2D eigenvalue weighted by Crippen LogP contribution is 2.28. The Balaban J connectivity index is 2.22. The fourth-order valence-corrected chi connectivity index (χ4v) is 2.69. The van der Waals surface area contributed by atoms with Crippen molar-refractivity contribution in [3.8, 4) is 0 Å². The molecule has 1 saturated carbocycles. The molecule has 0 aromatic carbocycles. The van der Waals surface area contributed by atoms with Crippen molar-refractivity contribution in [1.29, 1.82) is 0 Å². The van der Waals surface area contributed by atoms with Crippen molar-refractivity contribution in [3.63, 3.8) is 0 Å². The molecule has 1 nitrogen and oxygen atoms in total. The monoisotopic (exact) mass is 251 g/mol. The predicted molar refractivity (Wildman–Crippen MR) is 63.7 cm³/mol. The molecule has 0 aromatic heterocycles. The maximum absolute atomic E-state index is 12.0. The first-order valence-electron chi connectivity index (χ1n) is 6.81. The van der Waals surface area contributed by atoms with E-state index in [9.17, 15) is 13.2 Å². The van der Waals surface area contributed by atoms with Crippen LogP contribution in [0.4, 0.5) is 13.2 Å². The molecule has 1 aliphatic carbocycles. The standard InChI is InChI=1S/C13H24F3N/c14-13(15,16)10-6-9-12(17)11-7-4-2-1-3-5-8-11/h11-12H,1-10,17H2. The summed E-state index contributed by atoms with van der Waals surface area (Å²) in [5, 5.41) is 0. The minimum absolute atomic E-state index is 0.0320. The molecule has 17 heavy (non-hydrogen) atoms. The average Bonchev–Trinajstić information content (AvgIpc) is 2.14. The zero-order valence-corrected chi connectivity index (χ0v) is 10.4. The number of alkyl halides is 3. The van der Waals surface area contributed by atoms with Crippen LogP contribution in [0.15, 0.2) is 0 Å². The molecule has 0 aliphatic heterocycles. The lowest BCUT2D eigenvalue weighted by Gasteiger charge is -2.25. The molecule has 0 radical (unpaired) electrons. The zero-order chi connectivity index (χ0) is 12.7. The third-order valence-electron chi connectivity index (χ3n) is 3.75. The fourth-order valence-electron chi connectivity index (χ4n) is 2.69. The van der Waals surface area contributed by atoms with Crippen LogP contribution in [-0.4, -0.2) is 12.2 Å². The molecule has 0 amide bonds. The van der Waals surface area contributed by atoms with Crippen LogP contribution in [0.2, 0.25) is 0 Å². The highest BCUT2D eigenvalue weighted by Gasteiger charge is 2.27. The minimum Gasteiger partial charge on any atom is -0.327 e. The molecule has 1 rings (SSSR count). The molecular weight excluding hydrogens is 227 g/mol. The second kappa shape index (κ2) is 7.24. The van der Waals surface area contributed by atoms with Crippen molar-refractivity contribution in [3.05, 3.63) is 0 Å². The van der Waals surface area contributed by atoms with E-state index in [-0.39, 0.29) is 12.5 Å². The number of hydrogen-bond acceptors (Lipinski definition) is 1. The summed E-state index contributed by atoms with van der Waals surface area (Å²) in [5.74, 6) is 0.448. The van der Waals surface area contributed by atoms with Gasteiger partial charge in [-0.05, 0) is 31.6 Å². The summed E-state index contributed by atoms with van der Waals surface area (Å²) in [7, 11) is 0. The van der Waals surface area contributed by atoms with Gasteiger partial charge >= 0.3 is 6.18 Å². The van der Waals surface area contributed by atoms with Crippen LogP contribution in [0.1, 0.15) is 64.2 Å². The van der Waals surface area contributed by atoms with Gasteiger partial charge in [0.05, 0.1) is 0 Å². The second-order valence-electron chi connectivity index (χ2n) is 5.28. The number of nitrogens with two attached hydrogens (primary N) is 1. The predicted octanol–water partition coefficient (Wildman–Crippen LogP) is 4.41. The fraction of sp³-hybridized carbons (Fsp3) is 1.00. The van der Waals surface area contributed by atoms with Gasteiger partial charge in [-0.15, -0.1) is 0 Å². The van der Waals surface area contributed by atoms with Crippen LogP contribution in [0, 0.1) is 5.92 Å². The summed E-state index contributed by atoms with van der Waals surface area (Å²) in [6.07, 6.45) is 4.39. The van der Waals surface area contributed by atoms with E-state index < -0.39 is 12.6 Å². The van der Waals surface area contributed by atoms with E-state index in [1.807, 2.05) is 0 Å². The SMILES string of the molecule is NC(CCCC(F)(F)F)C1CCCCCCC1. The molecule has 0 bridgehead atoms. The molecule has 1 unspecified atom stereocenters. The van der Waals surface area contributed by atoms with Crippen molar-refractivity contribution in [2.45, 2.75) is 76.4 Å². The van der Waals surface area contributed by atoms with Gasteiger partial charge in [-0.3, -0.25) is 0 Å². The van der Waals surface area contributed by atoms with Crippen LogP contribution >= 0.6 is 0 Å². The molecule has 0 spiro atoms. The Morgan fingerprint density at radius 3 is 2.06 bits per heavy atom. The molecule has 0 aromatic rings. The molecule has 1 aliphatic rings. The molecular formula is C13H24F3N. The van der Waals surface area contributed by atoms with Crippen molar-refractivity contribution in [2.75, 3.05) is 0 Å². The maximum atomic E-state index is 12.0. The molecule has 4 heteroatoms. The summed E-state index contributed by atoms with van der Waals surface area (Å²) >= 11 is 0. The van der Waals surface area contributed by atoms with Gasteiger partial charge in [-0.25, -0.2) is 0 Å². The molecule has 102 valence electrons. The lowest BCUT2D eigenvalue weighted by molar-refractivity contribution is -0.135. The van der Waals surface area contributed by atoms with E-state index in [2.05, 4.69) is 0 Å². The van der Waals surface area contributed by atoms with Gasteiger partial charge in [0, 0.05) is 12.5 Å². The Kier molecular flexibility index (Phi) is 6.31. The normalized spacial score (nSPS) is 21.9. The van der Waals surface area contributed by atoms with Crippen LogP contribution < -0.4 is 5.73 Å². The topological polar surface area (TPSA) is 26.0 Å². The lowest BCUT2D eigenvalue weighted by Crippen LogP contribution is -2.31. The van der Waals surface area contributed by atoms with E-state index >= 15 is 0 Å². The summed E-state index contributed by atoms with van der Waals surface area (Å²) < 4.78 is 36.1. The maximum Gasteiger partial charge on any atom is 0.389 e. The number of rotatable bonds is 4. The first-order chi connectivity index (χ1) is 7.99. The Morgan fingerprint density at radius 1 is 1.00 bits per heavy atom. The first kappa shape index (κ1) is 14.8. The molecule has 0 heterocycles. The van der Waals surface area contributed by atoms with Gasteiger partial charge in [0.1, 0.15) is 0 Å². The van der Waals surface area contributed by atoms with Gasteiger partial charge < -0.3 is 5.73 Å². The third-order valence-corrected chi connectivity index (χ3v) is 3.75. The summed E-state index contributed by atoms with van der Waals surface area (Å²) in [4.78, 5) is 0. The van der Waals surface area contributed by atoms with Crippen LogP contribution in [0.3, 0.4) is 0 Å². The highest BCUT2D eigenvalue weighted by atomic mass is 19.4. The second-order valence-corrected chi connectivity index (χ2v) is 5.28. The van der Waals surface area contributed by atoms with Gasteiger partial charge in [0.25, 0.3) is 0 Å². The van der Waals surface area contributed by atoms with E-state index in [4.69, 9.17) is 5.73 Å². The van der Waals surface area contributed by atoms with E-state index in [0.717, 1.165) is 12.8 Å².